The van der Waals surface area contributed by atoms with Crippen molar-refractivity contribution in [2.24, 2.45) is 0 Å². The van der Waals surface area contributed by atoms with Crippen LogP contribution in [0.5, 0.6) is 0 Å². The minimum atomic E-state index is -0.954. The quantitative estimate of drug-likeness (QED) is 0.665. The van der Waals surface area contributed by atoms with E-state index in [1.165, 1.54) is 0 Å². The fourth-order valence-corrected chi connectivity index (χ4v) is 5.31. The topological polar surface area (TPSA) is 54.5 Å². The van der Waals surface area contributed by atoms with Crippen LogP contribution in [0.2, 0.25) is 0 Å². The maximum atomic E-state index is 14.2. The summed E-state index contributed by atoms with van der Waals surface area (Å²) in [5.41, 5.74) is 0.0934. The van der Waals surface area contributed by atoms with Gasteiger partial charge in [-0.05, 0) is 37.7 Å². The first kappa shape index (κ1) is 20.9. The van der Waals surface area contributed by atoms with Gasteiger partial charge < -0.3 is 10.1 Å². The summed E-state index contributed by atoms with van der Waals surface area (Å²) in [6.07, 6.45) is 6.63. The van der Waals surface area contributed by atoms with E-state index in [2.05, 4.69) is 15.2 Å². The largest absolute Gasteiger partial charge is 0.385 e. The van der Waals surface area contributed by atoms with Gasteiger partial charge in [0, 0.05) is 31.8 Å². The average molecular weight is 415 g/mol. The van der Waals surface area contributed by atoms with Gasteiger partial charge in [-0.2, -0.15) is 0 Å². The number of carbonyl (C=O) groups excluding carboxylic acids is 1. The first-order chi connectivity index (χ1) is 14.6. The third kappa shape index (κ3) is 3.72. The molecule has 1 N–H and O–H groups in total. The number of amides is 1. The number of fused-ring (bicyclic) bond motifs is 2. The Labute approximate surface area is 175 Å². The zero-order chi connectivity index (χ0) is 21.1. The van der Waals surface area contributed by atoms with Crippen LogP contribution in [0, 0.1) is 11.6 Å². The van der Waals surface area contributed by atoms with E-state index in [1.54, 1.807) is 7.11 Å². The van der Waals surface area contributed by atoms with Crippen molar-refractivity contribution >= 4 is 5.91 Å². The van der Waals surface area contributed by atoms with E-state index in [-0.39, 0.29) is 11.6 Å². The van der Waals surface area contributed by atoms with Crippen molar-refractivity contribution in [1.82, 2.24) is 15.2 Å². The van der Waals surface area contributed by atoms with Crippen LogP contribution in [0.3, 0.4) is 0 Å². The standard InChI is InChI=1S/C23H27F2N3O2/c1-30-13-5-12-28-17-8-10-23(28,11-9-17)21(16-6-3-2-4-7-16)27-22(29)20-18(24)14-26-15-19(20)25/h2-4,6-7,14-15,17,21H,5,8-13H2,1H3,(H,27,29). The number of nitrogens with zero attached hydrogens (tertiary/aromatic N) is 2. The number of ether oxygens (including phenoxy) is 1. The molecule has 0 saturated carbocycles. The zero-order valence-electron chi connectivity index (χ0n) is 17.1. The van der Waals surface area contributed by atoms with Crippen LogP contribution in [0.25, 0.3) is 0 Å². The molecule has 5 nitrogen and oxygen atoms in total. The molecule has 2 aliphatic heterocycles. The van der Waals surface area contributed by atoms with Gasteiger partial charge in [-0.1, -0.05) is 30.3 Å². The first-order valence-electron chi connectivity index (χ1n) is 10.5. The summed E-state index contributed by atoms with van der Waals surface area (Å²) in [5, 5.41) is 2.99. The highest BCUT2D eigenvalue weighted by molar-refractivity contribution is 5.95. The van der Waals surface area contributed by atoms with Crippen molar-refractivity contribution in [1.29, 1.82) is 0 Å². The molecule has 2 bridgehead atoms. The van der Waals surface area contributed by atoms with E-state index in [0.717, 1.165) is 56.6 Å². The Morgan fingerprint density at radius 1 is 1.23 bits per heavy atom. The maximum Gasteiger partial charge on any atom is 0.257 e. The van der Waals surface area contributed by atoms with Gasteiger partial charge in [0.05, 0.1) is 18.4 Å². The predicted molar refractivity (Wildman–Crippen MR) is 109 cm³/mol. The number of benzene rings is 1. The number of hydrogen-bond donors (Lipinski definition) is 1. The van der Waals surface area contributed by atoms with E-state index >= 15 is 0 Å². The van der Waals surface area contributed by atoms with Crippen molar-refractivity contribution in [3.63, 3.8) is 0 Å². The molecule has 1 atom stereocenters. The normalized spacial score (nSPS) is 24.2. The molecule has 0 aliphatic carbocycles. The monoisotopic (exact) mass is 415 g/mol. The van der Waals surface area contributed by atoms with Crippen LogP contribution < -0.4 is 5.32 Å². The maximum absolute atomic E-state index is 14.2. The van der Waals surface area contributed by atoms with E-state index in [9.17, 15) is 13.6 Å². The minimum Gasteiger partial charge on any atom is -0.385 e. The molecule has 30 heavy (non-hydrogen) atoms. The van der Waals surface area contributed by atoms with Crippen LogP contribution in [-0.4, -0.2) is 47.6 Å². The Morgan fingerprint density at radius 3 is 2.53 bits per heavy atom. The van der Waals surface area contributed by atoms with Gasteiger partial charge in [0.2, 0.25) is 0 Å². The summed E-state index contributed by atoms with van der Waals surface area (Å²) < 4.78 is 33.7. The molecule has 1 aromatic heterocycles. The Kier molecular flexibility index (Phi) is 6.11. The van der Waals surface area contributed by atoms with Crippen molar-refractivity contribution in [3.8, 4) is 0 Å². The lowest BCUT2D eigenvalue weighted by Crippen LogP contribution is -2.52. The summed E-state index contributed by atoms with van der Waals surface area (Å²) in [6, 6.07) is 9.82. The van der Waals surface area contributed by atoms with Gasteiger partial charge >= 0.3 is 0 Å². The van der Waals surface area contributed by atoms with Crippen molar-refractivity contribution < 1.29 is 18.3 Å². The summed E-state index contributed by atoms with van der Waals surface area (Å²) in [5.74, 6) is -2.66. The van der Waals surface area contributed by atoms with E-state index in [1.807, 2.05) is 30.3 Å². The van der Waals surface area contributed by atoms with Crippen LogP contribution in [0.15, 0.2) is 42.7 Å². The second kappa shape index (κ2) is 8.78. The Balaban J connectivity index is 1.68. The lowest BCUT2D eigenvalue weighted by atomic mass is 9.78. The first-order valence-corrected chi connectivity index (χ1v) is 10.5. The second-order valence-electron chi connectivity index (χ2n) is 8.17. The summed E-state index contributed by atoms with van der Waals surface area (Å²) >= 11 is 0. The van der Waals surface area contributed by atoms with Gasteiger partial charge in [-0.3, -0.25) is 14.7 Å². The highest BCUT2D eigenvalue weighted by atomic mass is 19.1. The third-order valence-electron chi connectivity index (χ3n) is 6.61. The molecule has 2 saturated heterocycles. The molecule has 1 amide bonds. The Hall–Kier alpha value is -2.38. The van der Waals surface area contributed by atoms with Crippen molar-refractivity contribution in [2.75, 3.05) is 20.3 Å². The number of rotatable bonds is 8. The average Bonchev–Trinajstić information content (AvgIpc) is 3.28. The lowest BCUT2D eigenvalue weighted by Gasteiger charge is -2.42. The van der Waals surface area contributed by atoms with Gasteiger partial charge in [0.25, 0.3) is 5.91 Å². The van der Waals surface area contributed by atoms with Crippen LogP contribution in [0.1, 0.15) is 54.1 Å². The van der Waals surface area contributed by atoms with Crippen molar-refractivity contribution in [2.45, 2.75) is 49.7 Å². The van der Waals surface area contributed by atoms with Gasteiger partial charge in [-0.25, -0.2) is 8.78 Å². The molecule has 3 heterocycles. The molecule has 2 aliphatic rings. The molecule has 2 aromatic rings. The number of nitrogens with one attached hydrogen (secondary N) is 1. The fourth-order valence-electron chi connectivity index (χ4n) is 5.31. The number of aromatic nitrogens is 1. The fraction of sp³-hybridized carbons (Fsp3) is 0.478. The van der Waals surface area contributed by atoms with E-state index < -0.39 is 23.1 Å². The third-order valence-corrected chi connectivity index (χ3v) is 6.61. The zero-order valence-corrected chi connectivity index (χ0v) is 17.1. The summed E-state index contributed by atoms with van der Waals surface area (Å²) in [4.78, 5) is 19.0. The van der Waals surface area contributed by atoms with Gasteiger partial charge in [0.1, 0.15) is 5.56 Å². The van der Waals surface area contributed by atoms with Crippen LogP contribution in [0.4, 0.5) is 8.78 Å². The van der Waals surface area contributed by atoms with E-state index in [0.29, 0.717) is 12.6 Å². The molecular weight excluding hydrogens is 388 g/mol. The minimum absolute atomic E-state index is 0.268. The van der Waals surface area contributed by atoms with Crippen molar-refractivity contribution in [3.05, 3.63) is 65.5 Å². The molecule has 1 aromatic carbocycles. The number of hydrogen-bond acceptors (Lipinski definition) is 4. The molecular formula is C23H27F2N3O2. The SMILES string of the molecule is COCCCN1C2CCC1(C(NC(=O)c1c(F)cncc1F)c1ccccc1)CC2. The number of halogens is 2. The van der Waals surface area contributed by atoms with E-state index in [4.69, 9.17) is 4.74 Å². The smallest absolute Gasteiger partial charge is 0.257 e. The number of pyridine rings is 1. The van der Waals surface area contributed by atoms with Gasteiger partial charge in [0.15, 0.2) is 11.6 Å². The summed E-state index contributed by atoms with van der Waals surface area (Å²) in [6.45, 7) is 1.55. The second-order valence-corrected chi connectivity index (χ2v) is 8.17. The molecule has 0 spiro atoms. The molecule has 160 valence electrons. The molecule has 0 radical (unpaired) electrons. The number of methoxy groups -OCH3 is 1. The molecule has 1 unspecified atom stereocenters. The van der Waals surface area contributed by atoms with Crippen LogP contribution in [-0.2, 0) is 4.74 Å². The Bertz CT molecular complexity index is 865. The number of carbonyl (C=O) groups is 1. The lowest BCUT2D eigenvalue weighted by molar-refractivity contribution is 0.0735. The Morgan fingerprint density at radius 2 is 1.90 bits per heavy atom. The highest BCUT2D eigenvalue weighted by Gasteiger charge is 2.56. The molecule has 7 heteroatoms. The summed E-state index contributed by atoms with van der Waals surface area (Å²) in [7, 11) is 1.69. The highest BCUT2D eigenvalue weighted by Crippen LogP contribution is 2.52. The van der Waals surface area contributed by atoms with Gasteiger partial charge in [-0.15, -0.1) is 0 Å². The predicted octanol–water partition coefficient (Wildman–Crippen LogP) is 3.86. The molecule has 4 rings (SSSR count). The van der Waals surface area contributed by atoms with Crippen LogP contribution >= 0.6 is 0 Å². The molecule has 2 fully saturated rings.